The summed E-state index contributed by atoms with van der Waals surface area (Å²) >= 11 is 0. The third-order valence-electron chi connectivity index (χ3n) is 16.3. The van der Waals surface area contributed by atoms with E-state index in [1.54, 1.807) is 0 Å². The molecule has 2 nitrogen and oxygen atoms in total. The molecule has 0 aliphatic carbocycles. The number of nitrogens with one attached hydrogen (secondary N) is 1. The van der Waals surface area contributed by atoms with E-state index in [1.807, 2.05) is 4.68 Å². The molecule has 1 aliphatic heterocycles. The van der Waals surface area contributed by atoms with Gasteiger partial charge in [0.1, 0.15) is 0 Å². The van der Waals surface area contributed by atoms with Gasteiger partial charge in [-0.15, -0.1) is 0 Å². The van der Waals surface area contributed by atoms with Crippen LogP contribution in [-0.4, -0.2) is 10.4 Å². The van der Waals surface area contributed by atoms with E-state index >= 15 is 0 Å². The highest BCUT2D eigenvalue weighted by Crippen LogP contribution is 2.38. The highest BCUT2D eigenvalue weighted by molar-refractivity contribution is 6.17. The Morgan fingerprint density at radius 3 is 0.959 bits per heavy atom. The molecule has 74 heavy (non-hydrogen) atoms. The van der Waals surface area contributed by atoms with Crippen molar-refractivity contribution >= 4 is 11.4 Å². The summed E-state index contributed by atoms with van der Waals surface area (Å²) in [4.78, 5) is 0. The van der Waals surface area contributed by atoms with Crippen LogP contribution in [0, 0.1) is 0 Å². The molecule has 0 saturated carbocycles. The molecule has 0 spiro atoms. The average Bonchev–Trinajstić information content (AvgIpc) is 3.68. The van der Waals surface area contributed by atoms with Gasteiger partial charge >= 0.3 is 0 Å². The van der Waals surface area contributed by atoms with E-state index in [-0.39, 0.29) is 0 Å². The van der Waals surface area contributed by atoms with Crippen LogP contribution in [0.1, 0.15) is 351 Å². The average molecular weight is 1020 g/mol. The zero-order valence-corrected chi connectivity index (χ0v) is 50.4. The van der Waals surface area contributed by atoms with Gasteiger partial charge in [0, 0.05) is 11.1 Å². The fourth-order valence-electron chi connectivity index (χ4n) is 11.7. The van der Waals surface area contributed by atoms with Crippen LogP contribution in [-0.2, 0) is 25.7 Å². The van der Waals surface area contributed by atoms with Crippen molar-refractivity contribution in [2.24, 2.45) is 0 Å². The van der Waals surface area contributed by atoms with E-state index < -0.39 is 0 Å². The molecule has 2 aromatic rings. The standard InChI is InChI=1S/C72H122N2/c1-7-13-19-24-25-26-27-28-29-30-31-32-33-34-35-36-37-38-39-40-41-42-43-44-50-56-70-69(55-45-18-12-6)71(67-59-63(51-46-20-14-8-2)57-64(60-67)52-47-21-15-9-3)74(73)72(70)68-61-65(53-48-22-16-10-4)58-66(62-68)54-49-23-17-11-5/h50,55-62,73H,7-49,51-54H2,1-6H3. The maximum Gasteiger partial charge on any atom is 0.216 e. The highest BCUT2D eigenvalue weighted by Gasteiger charge is 2.35. The van der Waals surface area contributed by atoms with Gasteiger partial charge in [-0.1, -0.05) is 303 Å². The van der Waals surface area contributed by atoms with Crippen molar-refractivity contribution in [3.8, 4) is 0 Å². The topological polar surface area (TPSA) is 26.8 Å². The SMILES string of the molecule is CCCCC=C1C(C=CCCCCCCCCCCCCCCCCCCCCCCCCC)=C(c2cc(CCCCCC)cc(CCCCCC)c2)[N+]([NH-])=C1c1cc(CCCCCC)cc(CCCCCC)c1. The number of benzene rings is 2. The van der Waals surface area contributed by atoms with E-state index in [1.165, 1.54) is 308 Å². The molecule has 0 bridgehead atoms. The molecule has 1 N–H and O–H groups in total. The minimum absolute atomic E-state index is 1.05. The first-order valence-corrected chi connectivity index (χ1v) is 33.3. The van der Waals surface area contributed by atoms with Crippen LogP contribution in [0.3, 0.4) is 0 Å². The number of hydrogen-bond acceptors (Lipinski definition) is 0. The van der Waals surface area contributed by atoms with E-state index in [0.29, 0.717) is 0 Å². The maximum absolute atomic E-state index is 10.3. The van der Waals surface area contributed by atoms with Crippen LogP contribution in [0.15, 0.2) is 65.8 Å². The number of aryl methyl sites for hydroxylation is 4. The first-order valence-electron chi connectivity index (χ1n) is 33.3. The molecule has 420 valence electrons. The minimum atomic E-state index is 1.05. The predicted molar refractivity (Wildman–Crippen MR) is 333 cm³/mol. The molecule has 0 fully saturated rings. The Morgan fingerprint density at radius 1 is 0.324 bits per heavy atom. The van der Waals surface area contributed by atoms with Crippen molar-refractivity contribution in [2.75, 3.05) is 0 Å². The Labute approximate surface area is 462 Å². The Hall–Kier alpha value is -2.87. The van der Waals surface area contributed by atoms with Gasteiger partial charge in [-0.2, -0.15) is 0 Å². The van der Waals surface area contributed by atoms with Gasteiger partial charge in [-0.25, -0.2) is 4.68 Å². The lowest BCUT2D eigenvalue weighted by Crippen LogP contribution is -2.13. The lowest BCUT2D eigenvalue weighted by molar-refractivity contribution is -0.347. The highest BCUT2D eigenvalue weighted by atomic mass is 15.3. The molecule has 0 radical (unpaired) electrons. The largest absolute Gasteiger partial charge is 0.448 e. The first-order chi connectivity index (χ1) is 36.5. The van der Waals surface area contributed by atoms with Gasteiger partial charge in [-0.05, 0) is 117 Å². The molecule has 2 heteroatoms. The van der Waals surface area contributed by atoms with Crippen molar-refractivity contribution in [1.82, 2.24) is 0 Å². The number of nitrogens with zero attached hydrogens (tertiary/aromatic N) is 1. The van der Waals surface area contributed by atoms with Gasteiger partial charge in [0.15, 0.2) is 0 Å². The summed E-state index contributed by atoms with van der Waals surface area (Å²) in [5.41, 5.74) is 13.2. The molecule has 1 aliphatic rings. The number of allylic oxidation sites excluding steroid dienone is 5. The summed E-state index contributed by atoms with van der Waals surface area (Å²) in [5, 5.41) is 0. The van der Waals surface area contributed by atoms with Gasteiger partial charge in [0.2, 0.25) is 11.4 Å². The van der Waals surface area contributed by atoms with E-state index in [4.69, 9.17) is 0 Å². The molecule has 0 aromatic heterocycles. The minimum Gasteiger partial charge on any atom is -0.448 e. The third-order valence-corrected chi connectivity index (χ3v) is 16.3. The van der Waals surface area contributed by atoms with Crippen molar-refractivity contribution in [3.05, 3.63) is 105 Å². The second-order valence-electron chi connectivity index (χ2n) is 23.5. The van der Waals surface area contributed by atoms with E-state index in [2.05, 4.69) is 96.2 Å². The molecular formula is C72H122N2. The lowest BCUT2D eigenvalue weighted by Gasteiger charge is -2.14. The Kier molecular flexibility index (Phi) is 39.9. The third kappa shape index (κ3) is 29.0. The monoisotopic (exact) mass is 1010 g/mol. The van der Waals surface area contributed by atoms with Crippen LogP contribution in [0.4, 0.5) is 0 Å². The summed E-state index contributed by atoms with van der Waals surface area (Å²) in [6.07, 6.45) is 69.9. The van der Waals surface area contributed by atoms with Crippen LogP contribution in [0.25, 0.3) is 11.5 Å². The summed E-state index contributed by atoms with van der Waals surface area (Å²) < 4.78 is 1.91. The zero-order valence-electron chi connectivity index (χ0n) is 50.4. The molecule has 0 amide bonds. The molecule has 1 heterocycles. The fourth-order valence-corrected chi connectivity index (χ4v) is 11.7. The number of hydrogen-bond donors (Lipinski definition) is 0. The van der Waals surface area contributed by atoms with Gasteiger partial charge < -0.3 is 5.84 Å². The molecule has 2 aromatic carbocycles. The summed E-state index contributed by atoms with van der Waals surface area (Å²) in [6, 6.07) is 15.0. The normalized spacial score (nSPS) is 13.6. The molecule has 3 rings (SSSR count). The fraction of sp³-hybridized carbons (Fsp3) is 0.736. The zero-order chi connectivity index (χ0) is 52.9. The summed E-state index contributed by atoms with van der Waals surface area (Å²) in [7, 11) is 0. The first kappa shape index (κ1) is 65.4. The Bertz CT molecular complexity index is 1740. The Balaban J connectivity index is 1.73. The van der Waals surface area contributed by atoms with Gasteiger partial charge in [0.25, 0.3) is 0 Å². The smallest absolute Gasteiger partial charge is 0.216 e. The van der Waals surface area contributed by atoms with Crippen molar-refractivity contribution in [2.45, 2.75) is 343 Å². The summed E-state index contributed by atoms with van der Waals surface area (Å²) in [5.74, 6) is 10.3. The molecule has 0 unspecified atom stereocenters. The van der Waals surface area contributed by atoms with Gasteiger partial charge in [-0.3, -0.25) is 0 Å². The second-order valence-corrected chi connectivity index (χ2v) is 23.5. The van der Waals surface area contributed by atoms with Gasteiger partial charge in [0.05, 0.1) is 11.1 Å². The van der Waals surface area contributed by atoms with Crippen LogP contribution in [0.5, 0.6) is 0 Å². The number of rotatable bonds is 50. The van der Waals surface area contributed by atoms with Crippen LogP contribution in [0.2, 0.25) is 0 Å². The van der Waals surface area contributed by atoms with E-state index in [9.17, 15) is 5.84 Å². The van der Waals surface area contributed by atoms with E-state index in [0.717, 1.165) is 49.9 Å². The van der Waals surface area contributed by atoms with Crippen molar-refractivity contribution in [3.63, 3.8) is 0 Å². The summed E-state index contributed by atoms with van der Waals surface area (Å²) in [6.45, 7) is 13.9. The molecule has 0 atom stereocenters. The maximum atomic E-state index is 10.3. The van der Waals surface area contributed by atoms with Crippen molar-refractivity contribution in [1.29, 1.82) is 0 Å². The lowest BCUT2D eigenvalue weighted by atomic mass is 9.90. The molecular weight excluding hydrogens is 893 g/mol. The Morgan fingerprint density at radius 2 is 0.622 bits per heavy atom. The predicted octanol–water partition coefficient (Wildman–Crippen LogP) is 24.4. The number of unbranched alkanes of at least 4 members (excludes halogenated alkanes) is 37. The quantitative estimate of drug-likeness (QED) is 0.0466. The second kappa shape index (κ2) is 45.2. The van der Waals surface area contributed by atoms with Crippen LogP contribution >= 0.6 is 0 Å². The van der Waals surface area contributed by atoms with Crippen molar-refractivity contribution < 1.29 is 4.68 Å². The van der Waals surface area contributed by atoms with Crippen LogP contribution < -0.4 is 0 Å². The molecule has 0 saturated heterocycles.